The van der Waals surface area contributed by atoms with Gasteiger partial charge < -0.3 is 16.8 Å². The van der Waals surface area contributed by atoms with E-state index in [2.05, 4.69) is 30.2 Å². The number of rotatable bonds is 4. The first-order valence-electron chi connectivity index (χ1n) is 6.39. The highest BCUT2D eigenvalue weighted by Crippen LogP contribution is 2.23. The van der Waals surface area contributed by atoms with Crippen LogP contribution in [-0.2, 0) is 0 Å². The van der Waals surface area contributed by atoms with Gasteiger partial charge in [0, 0.05) is 5.69 Å². The Labute approximate surface area is 118 Å². The lowest BCUT2D eigenvalue weighted by atomic mass is 10.0. The number of pyridine rings is 1. The van der Waals surface area contributed by atoms with Crippen LogP contribution in [0.1, 0.15) is 35.7 Å². The zero-order valence-corrected chi connectivity index (χ0v) is 11.6. The van der Waals surface area contributed by atoms with Gasteiger partial charge in [-0.15, -0.1) is 0 Å². The summed E-state index contributed by atoms with van der Waals surface area (Å²) in [7, 11) is 0. The summed E-state index contributed by atoms with van der Waals surface area (Å²) >= 11 is 0. The Morgan fingerprint density at radius 1 is 1.30 bits per heavy atom. The fourth-order valence-electron chi connectivity index (χ4n) is 1.88. The maximum Gasteiger partial charge on any atom is 0.252 e. The Bertz CT molecular complexity index is 638. The van der Waals surface area contributed by atoms with E-state index < -0.39 is 5.91 Å². The number of nitrogen functional groups attached to an aromatic ring is 1. The van der Waals surface area contributed by atoms with E-state index in [1.54, 1.807) is 0 Å². The van der Waals surface area contributed by atoms with E-state index in [9.17, 15) is 4.79 Å². The first kappa shape index (κ1) is 13.9. The van der Waals surface area contributed by atoms with Crippen molar-refractivity contribution < 1.29 is 4.79 Å². The van der Waals surface area contributed by atoms with E-state index in [1.807, 2.05) is 18.2 Å². The molecule has 0 bridgehead atoms. The number of carbonyl (C=O) groups is 1. The minimum absolute atomic E-state index is 0.278. The summed E-state index contributed by atoms with van der Waals surface area (Å²) < 4.78 is 0. The molecule has 1 aromatic carbocycles. The van der Waals surface area contributed by atoms with Crippen LogP contribution in [0.15, 0.2) is 36.5 Å². The lowest BCUT2D eigenvalue weighted by molar-refractivity contribution is 0.100. The molecule has 1 aromatic heterocycles. The van der Waals surface area contributed by atoms with E-state index in [0.29, 0.717) is 17.4 Å². The van der Waals surface area contributed by atoms with E-state index >= 15 is 0 Å². The van der Waals surface area contributed by atoms with Crippen LogP contribution in [0.2, 0.25) is 0 Å². The van der Waals surface area contributed by atoms with E-state index in [1.165, 1.54) is 17.8 Å². The first-order valence-corrected chi connectivity index (χ1v) is 6.39. The summed E-state index contributed by atoms with van der Waals surface area (Å²) in [6.07, 6.45) is 1.49. The molecule has 0 atom stereocenters. The molecule has 5 heteroatoms. The maximum absolute atomic E-state index is 11.4. The van der Waals surface area contributed by atoms with Gasteiger partial charge in [-0.3, -0.25) is 4.79 Å². The van der Waals surface area contributed by atoms with Crippen LogP contribution < -0.4 is 16.8 Å². The molecule has 0 fully saturated rings. The number of anilines is 3. The number of carbonyl (C=O) groups excluding carboxylic acids is 1. The van der Waals surface area contributed by atoms with E-state index in [0.717, 1.165) is 5.69 Å². The van der Waals surface area contributed by atoms with Crippen molar-refractivity contribution in [2.45, 2.75) is 19.8 Å². The highest BCUT2D eigenvalue weighted by atomic mass is 16.1. The second kappa shape index (κ2) is 5.61. The van der Waals surface area contributed by atoms with Crippen LogP contribution in [0, 0.1) is 0 Å². The molecular formula is C15H18N4O. The van der Waals surface area contributed by atoms with Crippen molar-refractivity contribution in [3.63, 3.8) is 0 Å². The number of benzene rings is 1. The largest absolute Gasteiger partial charge is 0.397 e. The number of nitrogens with zero attached hydrogens (tertiary/aromatic N) is 1. The normalized spacial score (nSPS) is 10.6. The van der Waals surface area contributed by atoms with Gasteiger partial charge in [-0.05, 0) is 29.7 Å². The fourth-order valence-corrected chi connectivity index (χ4v) is 1.88. The van der Waals surface area contributed by atoms with Crippen molar-refractivity contribution in [3.8, 4) is 0 Å². The third-order valence-corrected chi connectivity index (χ3v) is 2.99. The molecule has 0 aliphatic rings. The molecule has 0 unspecified atom stereocenters. The molecule has 20 heavy (non-hydrogen) atoms. The van der Waals surface area contributed by atoms with Gasteiger partial charge in [-0.1, -0.05) is 26.0 Å². The van der Waals surface area contributed by atoms with Gasteiger partial charge in [-0.25, -0.2) is 4.98 Å². The van der Waals surface area contributed by atoms with Gasteiger partial charge in [0.15, 0.2) is 0 Å². The number of hydrogen-bond donors (Lipinski definition) is 3. The molecule has 0 aliphatic carbocycles. The Balaban J connectivity index is 2.35. The summed E-state index contributed by atoms with van der Waals surface area (Å²) in [5, 5.41) is 3.11. The number of nitrogens with two attached hydrogens (primary N) is 2. The molecule has 0 saturated carbocycles. The molecule has 1 amide bonds. The zero-order valence-electron chi connectivity index (χ0n) is 11.6. The van der Waals surface area contributed by atoms with Gasteiger partial charge in [0.25, 0.3) is 5.91 Å². The lowest BCUT2D eigenvalue weighted by Gasteiger charge is -2.12. The molecule has 0 aliphatic heterocycles. The van der Waals surface area contributed by atoms with Crippen molar-refractivity contribution in [1.82, 2.24) is 4.98 Å². The zero-order chi connectivity index (χ0) is 14.7. The fraction of sp³-hybridized carbons (Fsp3) is 0.200. The molecule has 104 valence electrons. The predicted octanol–water partition coefficient (Wildman–Crippen LogP) is 2.63. The summed E-state index contributed by atoms with van der Waals surface area (Å²) in [6.45, 7) is 4.24. The van der Waals surface area contributed by atoms with Gasteiger partial charge in [0.2, 0.25) is 0 Å². The minimum atomic E-state index is -0.563. The highest BCUT2D eigenvalue weighted by molar-refractivity contribution is 5.99. The van der Waals surface area contributed by atoms with Gasteiger partial charge in [0.1, 0.15) is 5.82 Å². The smallest absolute Gasteiger partial charge is 0.252 e. The maximum atomic E-state index is 11.4. The van der Waals surface area contributed by atoms with Crippen LogP contribution >= 0.6 is 0 Å². The number of nitrogens with one attached hydrogen (secondary N) is 1. The van der Waals surface area contributed by atoms with Crippen molar-refractivity contribution in [3.05, 3.63) is 47.7 Å². The van der Waals surface area contributed by atoms with Crippen LogP contribution in [0.5, 0.6) is 0 Å². The molecule has 5 N–H and O–H groups in total. The number of primary amides is 1. The van der Waals surface area contributed by atoms with Crippen LogP contribution in [0.4, 0.5) is 17.2 Å². The molecular weight excluding hydrogens is 252 g/mol. The molecule has 2 aromatic rings. The third-order valence-electron chi connectivity index (χ3n) is 2.99. The van der Waals surface area contributed by atoms with E-state index in [4.69, 9.17) is 11.5 Å². The lowest BCUT2D eigenvalue weighted by Crippen LogP contribution is -2.14. The van der Waals surface area contributed by atoms with Crippen LogP contribution in [-0.4, -0.2) is 10.9 Å². The quantitative estimate of drug-likeness (QED) is 0.796. The van der Waals surface area contributed by atoms with Gasteiger partial charge in [-0.2, -0.15) is 0 Å². The predicted molar refractivity (Wildman–Crippen MR) is 81.0 cm³/mol. The number of amides is 1. The average molecular weight is 270 g/mol. The molecule has 0 spiro atoms. The average Bonchev–Trinajstić information content (AvgIpc) is 2.41. The van der Waals surface area contributed by atoms with Crippen molar-refractivity contribution in [2.75, 3.05) is 11.1 Å². The second-order valence-electron chi connectivity index (χ2n) is 4.93. The Morgan fingerprint density at radius 3 is 2.70 bits per heavy atom. The summed E-state index contributed by atoms with van der Waals surface area (Å²) in [5.74, 6) is 0.270. The summed E-state index contributed by atoms with van der Waals surface area (Å²) in [5.41, 5.74) is 13.7. The first-order chi connectivity index (χ1) is 9.47. The molecule has 0 saturated heterocycles. The molecule has 5 nitrogen and oxygen atoms in total. The Hall–Kier alpha value is -2.56. The Kier molecular flexibility index (Phi) is 3.89. The minimum Gasteiger partial charge on any atom is -0.397 e. The highest BCUT2D eigenvalue weighted by Gasteiger charge is 2.11. The van der Waals surface area contributed by atoms with Crippen molar-refractivity contribution >= 4 is 23.1 Å². The van der Waals surface area contributed by atoms with Crippen molar-refractivity contribution in [1.29, 1.82) is 0 Å². The summed E-state index contributed by atoms with van der Waals surface area (Å²) in [6, 6.07) is 9.46. The van der Waals surface area contributed by atoms with Gasteiger partial charge in [0.05, 0.1) is 17.4 Å². The topological polar surface area (TPSA) is 94.0 Å². The van der Waals surface area contributed by atoms with Crippen LogP contribution in [0.25, 0.3) is 0 Å². The molecule has 2 rings (SSSR count). The number of hydrogen-bond acceptors (Lipinski definition) is 4. The van der Waals surface area contributed by atoms with Gasteiger partial charge >= 0.3 is 0 Å². The molecule has 1 heterocycles. The van der Waals surface area contributed by atoms with Crippen molar-refractivity contribution in [2.24, 2.45) is 5.73 Å². The second-order valence-corrected chi connectivity index (χ2v) is 4.93. The monoisotopic (exact) mass is 270 g/mol. The van der Waals surface area contributed by atoms with E-state index in [-0.39, 0.29) is 5.56 Å². The standard InChI is InChI=1S/C15H18N4O/c1-9(2)10-4-3-5-12(6-10)19-15-13(14(17)20)7-11(16)8-18-15/h3-9H,16H2,1-2H3,(H2,17,20)(H,18,19). The SMILES string of the molecule is CC(C)c1cccc(Nc2ncc(N)cc2C(N)=O)c1. The summed E-state index contributed by atoms with van der Waals surface area (Å²) in [4.78, 5) is 15.6. The third kappa shape index (κ3) is 3.06. The van der Waals surface area contributed by atoms with Crippen LogP contribution in [0.3, 0.4) is 0 Å². The molecule has 0 radical (unpaired) electrons. The number of aromatic nitrogens is 1. The Morgan fingerprint density at radius 2 is 2.05 bits per heavy atom.